The Balaban J connectivity index is 1.06. The molecule has 11 rings (SSSR count). The van der Waals surface area contributed by atoms with Gasteiger partial charge in [-0.15, -0.1) is 0 Å². The highest BCUT2D eigenvalue weighted by Crippen LogP contribution is 2.57. The molecule has 4 heteroatoms. The van der Waals surface area contributed by atoms with E-state index in [4.69, 9.17) is 15.0 Å². The van der Waals surface area contributed by atoms with Gasteiger partial charge in [-0.3, -0.25) is 0 Å². The van der Waals surface area contributed by atoms with E-state index in [0.717, 1.165) is 38.9 Å². The third-order valence-electron chi connectivity index (χ3n) is 13.0. The smallest absolute Gasteiger partial charge is 0.164 e. The second-order valence-electron chi connectivity index (χ2n) is 18.0. The predicted molar refractivity (Wildman–Crippen MR) is 273 cm³/mol. The Bertz CT molecular complexity index is 3280. The number of rotatable bonds is 9. The van der Waals surface area contributed by atoms with Gasteiger partial charge in [-0.25, -0.2) is 15.0 Å². The van der Waals surface area contributed by atoms with Gasteiger partial charge in [-0.05, 0) is 91.0 Å². The summed E-state index contributed by atoms with van der Waals surface area (Å²) in [5.74, 6) is 1.90. The largest absolute Gasteiger partial charge is 0.208 e. The normalized spacial score (nSPS) is 12.7. The van der Waals surface area contributed by atoms with Crippen LogP contribution in [0.3, 0.4) is 0 Å². The molecule has 10 aromatic rings. The van der Waals surface area contributed by atoms with Crippen molar-refractivity contribution < 1.29 is 0 Å². The van der Waals surface area contributed by atoms with Crippen LogP contribution in [0.5, 0.6) is 0 Å². The lowest BCUT2D eigenvalue weighted by atomic mass is 9.67. The fourth-order valence-electron chi connectivity index (χ4n) is 9.67. The van der Waals surface area contributed by atoms with Crippen molar-refractivity contribution in [3.05, 3.63) is 253 Å². The summed E-state index contributed by atoms with van der Waals surface area (Å²) in [5, 5.41) is 1.47. The van der Waals surface area contributed by atoms with Gasteiger partial charge in [0, 0.05) is 16.7 Å². The first-order chi connectivity index (χ1) is 31.8. The SMILES string of the molecule is C[Si](C)(C)c1ccc(-c2ccc3c(c2)C(c2ccccc2)(c2ccccc2)c2cc(-c4cccc(-c5nc(-c6ccccc6)nc(-c6cccc(-c7ccccc7)c6)n5)c4)ccc2-3)cc1. The van der Waals surface area contributed by atoms with E-state index >= 15 is 0 Å². The van der Waals surface area contributed by atoms with Crippen LogP contribution in [0.15, 0.2) is 231 Å². The molecular formula is C61H47N3Si. The van der Waals surface area contributed by atoms with Gasteiger partial charge in [0.1, 0.15) is 0 Å². The molecule has 0 saturated heterocycles. The summed E-state index contributed by atoms with van der Waals surface area (Å²) in [6.45, 7) is 7.22. The molecule has 310 valence electrons. The van der Waals surface area contributed by atoms with Gasteiger partial charge in [-0.1, -0.05) is 231 Å². The molecule has 0 bridgehead atoms. The number of hydrogen-bond acceptors (Lipinski definition) is 3. The molecule has 9 aromatic carbocycles. The first-order valence-corrected chi connectivity index (χ1v) is 25.9. The second-order valence-corrected chi connectivity index (χ2v) is 23.1. The van der Waals surface area contributed by atoms with E-state index < -0.39 is 13.5 Å². The van der Waals surface area contributed by atoms with E-state index in [9.17, 15) is 0 Å². The summed E-state index contributed by atoms with van der Waals surface area (Å²) in [6, 6.07) is 83.3. The Labute approximate surface area is 382 Å². The Hall–Kier alpha value is -7.79. The average molecular weight is 850 g/mol. The molecule has 3 nitrogen and oxygen atoms in total. The molecule has 65 heavy (non-hydrogen) atoms. The van der Waals surface area contributed by atoms with Crippen molar-refractivity contribution in [3.8, 4) is 78.7 Å². The van der Waals surface area contributed by atoms with Gasteiger partial charge in [0.05, 0.1) is 13.5 Å². The van der Waals surface area contributed by atoms with Crippen LogP contribution >= 0.6 is 0 Å². The Morgan fingerprint density at radius 2 is 0.631 bits per heavy atom. The summed E-state index contributed by atoms with van der Waals surface area (Å²) < 4.78 is 0. The summed E-state index contributed by atoms with van der Waals surface area (Å²) >= 11 is 0. The second kappa shape index (κ2) is 16.4. The fraction of sp³-hybridized carbons (Fsp3) is 0.0656. The van der Waals surface area contributed by atoms with E-state index in [1.807, 2.05) is 24.3 Å². The predicted octanol–water partition coefficient (Wildman–Crippen LogP) is 14.8. The zero-order valence-electron chi connectivity index (χ0n) is 36.8. The molecule has 1 aliphatic carbocycles. The number of aromatic nitrogens is 3. The van der Waals surface area contributed by atoms with Crippen LogP contribution in [0, 0.1) is 0 Å². The molecule has 0 N–H and O–H groups in total. The maximum atomic E-state index is 5.19. The van der Waals surface area contributed by atoms with Gasteiger partial charge >= 0.3 is 0 Å². The number of nitrogens with zero attached hydrogens (tertiary/aromatic N) is 3. The number of hydrogen-bond donors (Lipinski definition) is 0. The van der Waals surface area contributed by atoms with E-state index in [1.165, 1.54) is 49.7 Å². The lowest BCUT2D eigenvalue weighted by Gasteiger charge is -2.34. The van der Waals surface area contributed by atoms with E-state index in [1.54, 1.807) is 0 Å². The highest BCUT2D eigenvalue weighted by atomic mass is 28.3. The van der Waals surface area contributed by atoms with Crippen molar-refractivity contribution in [2.75, 3.05) is 0 Å². The Kier molecular flexibility index (Phi) is 10.1. The minimum Gasteiger partial charge on any atom is -0.208 e. The highest BCUT2D eigenvalue weighted by molar-refractivity contribution is 6.88. The van der Waals surface area contributed by atoms with Gasteiger partial charge < -0.3 is 0 Å². The molecule has 0 fully saturated rings. The van der Waals surface area contributed by atoms with Crippen molar-refractivity contribution in [1.82, 2.24) is 15.0 Å². The molecule has 0 aliphatic heterocycles. The Morgan fingerprint density at radius 3 is 1.11 bits per heavy atom. The van der Waals surface area contributed by atoms with Crippen molar-refractivity contribution >= 4 is 13.3 Å². The molecule has 0 unspecified atom stereocenters. The molecule has 1 heterocycles. The van der Waals surface area contributed by atoms with Crippen LogP contribution in [0.25, 0.3) is 78.7 Å². The maximum absolute atomic E-state index is 5.19. The third kappa shape index (κ3) is 7.32. The van der Waals surface area contributed by atoms with E-state index in [0.29, 0.717) is 17.5 Å². The minimum absolute atomic E-state index is 0.558. The summed E-state index contributed by atoms with van der Waals surface area (Å²) in [6.07, 6.45) is 0. The lowest BCUT2D eigenvalue weighted by Crippen LogP contribution is -2.37. The molecule has 1 aromatic heterocycles. The van der Waals surface area contributed by atoms with Crippen LogP contribution in [-0.2, 0) is 5.41 Å². The van der Waals surface area contributed by atoms with Crippen molar-refractivity contribution in [2.24, 2.45) is 0 Å². The van der Waals surface area contributed by atoms with Crippen molar-refractivity contribution in [3.63, 3.8) is 0 Å². The van der Waals surface area contributed by atoms with Gasteiger partial charge in [-0.2, -0.15) is 0 Å². The van der Waals surface area contributed by atoms with E-state index in [-0.39, 0.29) is 0 Å². The zero-order chi connectivity index (χ0) is 44.0. The maximum Gasteiger partial charge on any atom is 0.164 e. The Morgan fingerprint density at radius 1 is 0.292 bits per heavy atom. The van der Waals surface area contributed by atoms with Crippen LogP contribution < -0.4 is 5.19 Å². The monoisotopic (exact) mass is 849 g/mol. The fourth-order valence-corrected chi connectivity index (χ4v) is 10.8. The molecule has 0 spiro atoms. The first-order valence-electron chi connectivity index (χ1n) is 22.4. The molecule has 0 atom stereocenters. The third-order valence-corrected chi connectivity index (χ3v) is 15.0. The number of fused-ring (bicyclic) bond motifs is 3. The summed E-state index contributed by atoms with van der Waals surface area (Å²) in [5.41, 5.74) is 16.7. The first kappa shape index (κ1) is 40.0. The van der Waals surface area contributed by atoms with Crippen LogP contribution in [0.2, 0.25) is 19.6 Å². The standard InChI is InChI=1S/C61H47N3Si/c1-65(2,3)53-34-30-43(31-35-53)47-32-36-54-55-37-33-48(41-57(55)61(56(54)40-47,51-26-12-6-13-27-51)52-28-14-7-15-29-52)46-23-17-25-50(39-46)60-63-58(44-20-10-5-11-21-44)62-59(64-60)49-24-16-22-45(38-49)42-18-8-4-9-19-42/h4-41H,1-3H3. The van der Waals surface area contributed by atoms with Gasteiger partial charge in [0.25, 0.3) is 0 Å². The van der Waals surface area contributed by atoms with E-state index in [2.05, 4.69) is 226 Å². The van der Waals surface area contributed by atoms with Crippen LogP contribution in [-0.4, -0.2) is 23.0 Å². The molecule has 1 aliphatic rings. The minimum atomic E-state index is -1.44. The molecule has 0 saturated carbocycles. The lowest BCUT2D eigenvalue weighted by molar-refractivity contribution is 0.769. The quantitative estimate of drug-likeness (QED) is 0.136. The molecule has 0 amide bonds. The van der Waals surface area contributed by atoms with Crippen molar-refractivity contribution in [1.29, 1.82) is 0 Å². The average Bonchev–Trinajstić information content (AvgIpc) is 3.67. The summed E-state index contributed by atoms with van der Waals surface area (Å²) in [7, 11) is -1.44. The van der Waals surface area contributed by atoms with Crippen molar-refractivity contribution in [2.45, 2.75) is 25.1 Å². The summed E-state index contributed by atoms with van der Waals surface area (Å²) in [4.78, 5) is 15.4. The molecular weight excluding hydrogens is 803 g/mol. The van der Waals surface area contributed by atoms with Crippen LogP contribution in [0.4, 0.5) is 0 Å². The van der Waals surface area contributed by atoms with Gasteiger partial charge in [0.15, 0.2) is 17.5 Å². The zero-order valence-corrected chi connectivity index (χ0v) is 37.8. The highest BCUT2D eigenvalue weighted by Gasteiger charge is 2.46. The van der Waals surface area contributed by atoms with Gasteiger partial charge in [0.2, 0.25) is 0 Å². The number of benzene rings is 9. The van der Waals surface area contributed by atoms with Crippen LogP contribution in [0.1, 0.15) is 22.3 Å². The topological polar surface area (TPSA) is 38.7 Å². The molecule has 0 radical (unpaired) electrons.